The van der Waals surface area contributed by atoms with Crippen LogP contribution in [0.1, 0.15) is 38.2 Å². The average molecular weight is 263 g/mol. The van der Waals surface area contributed by atoms with E-state index in [0.29, 0.717) is 12.0 Å². The van der Waals surface area contributed by atoms with Crippen molar-refractivity contribution in [2.45, 2.75) is 50.9 Å². The summed E-state index contributed by atoms with van der Waals surface area (Å²) in [4.78, 5) is 0. The number of hydrogen-bond donors (Lipinski definition) is 1. The van der Waals surface area contributed by atoms with Crippen LogP contribution >= 0.6 is 0 Å². The molecule has 1 saturated carbocycles. The summed E-state index contributed by atoms with van der Waals surface area (Å²) in [6.07, 6.45) is 2.43. The van der Waals surface area contributed by atoms with Gasteiger partial charge in [-0.3, -0.25) is 0 Å². The van der Waals surface area contributed by atoms with Crippen molar-refractivity contribution < 1.29 is 9.47 Å². The predicted octanol–water partition coefficient (Wildman–Crippen LogP) is 2.95. The maximum atomic E-state index is 6.18. The zero-order valence-electron chi connectivity index (χ0n) is 12.3. The molecule has 2 rings (SSSR count). The monoisotopic (exact) mass is 263 g/mol. The molecule has 0 amide bonds. The Balaban J connectivity index is 2.08. The number of benzene rings is 1. The second-order valence-electron chi connectivity index (χ2n) is 5.33. The first kappa shape index (κ1) is 14.4. The number of nitrogens with one attached hydrogen (secondary N) is 1. The highest BCUT2D eigenvalue weighted by atomic mass is 16.5. The first-order valence-corrected chi connectivity index (χ1v) is 7.16. The zero-order chi connectivity index (χ0) is 13.8. The van der Waals surface area contributed by atoms with Gasteiger partial charge < -0.3 is 14.8 Å². The number of ether oxygens (including phenoxy) is 2. The molecule has 0 heterocycles. The van der Waals surface area contributed by atoms with Gasteiger partial charge in [-0.15, -0.1) is 0 Å². The molecule has 1 aliphatic rings. The Kier molecular flexibility index (Phi) is 4.83. The molecule has 4 unspecified atom stereocenters. The summed E-state index contributed by atoms with van der Waals surface area (Å²) in [6.45, 7) is 4.45. The molecule has 0 aromatic heterocycles. The fourth-order valence-electron chi connectivity index (χ4n) is 2.67. The lowest BCUT2D eigenvalue weighted by Gasteiger charge is -2.43. The summed E-state index contributed by atoms with van der Waals surface area (Å²) in [7, 11) is 3.73. The van der Waals surface area contributed by atoms with Gasteiger partial charge in [-0.25, -0.2) is 0 Å². The molecule has 3 heteroatoms. The summed E-state index contributed by atoms with van der Waals surface area (Å²) < 4.78 is 11.7. The number of hydrogen-bond acceptors (Lipinski definition) is 3. The summed E-state index contributed by atoms with van der Waals surface area (Å²) in [6, 6.07) is 8.77. The normalized spacial score (nSPS) is 27.7. The lowest BCUT2D eigenvalue weighted by Crippen LogP contribution is -2.60. The highest BCUT2D eigenvalue weighted by Gasteiger charge is 2.42. The van der Waals surface area contributed by atoms with Crippen LogP contribution in [0.2, 0.25) is 0 Å². The summed E-state index contributed by atoms with van der Waals surface area (Å²) in [5.41, 5.74) is 1.30. The van der Waals surface area contributed by atoms with E-state index in [2.05, 4.69) is 37.4 Å². The summed E-state index contributed by atoms with van der Waals surface area (Å²) in [5, 5.41) is 3.26. The zero-order valence-corrected chi connectivity index (χ0v) is 12.3. The van der Waals surface area contributed by atoms with Crippen molar-refractivity contribution in [3.8, 4) is 5.75 Å². The van der Waals surface area contributed by atoms with E-state index in [1.807, 2.05) is 13.1 Å². The van der Waals surface area contributed by atoms with Crippen LogP contribution < -0.4 is 10.1 Å². The van der Waals surface area contributed by atoms with E-state index in [1.54, 1.807) is 7.11 Å². The molecular formula is C16H25NO2. The molecule has 0 radical (unpaired) electrons. The van der Waals surface area contributed by atoms with Crippen LogP contribution in [0, 0.1) is 0 Å². The Morgan fingerprint density at radius 3 is 2.74 bits per heavy atom. The number of methoxy groups -OCH3 is 1. The van der Waals surface area contributed by atoms with E-state index in [1.165, 1.54) is 5.56 Å². The first-order chi connectivity index (χ1) is 9.21. The van der Waals surface area contributed by atoms with Gasteiger partial charge in [0.25, 0.3) is 0 Å². The van der Waals surface area contributed by atoms with Crippen molar-refractivity contribution in [1.29, 1.82) is 0 Å². The highest BCUT2D eigenvalue weighted by molar-refractivity contribution is 5.36. The number of para-hydroxylation sites is 1. The van der Waals surface area contributed by atoms with E-state index >= 15 is 0 Å². The Morgan fingerprint density at radius 2 is 2.11 bits per heavy atom. The first-order valence-electron chi connectivity index (χ1n) is 7.16. The van der Waals surface area contributed by atoms with Crippen LogP contribution in [0.3, 0.4) is 0 Å². The van der Waals surface area contributed by atoms with Crippen LogP contribution in [0.15, 0.2) is 24.3 Å². The minimum Gasteiger partial charge on any atom is -0.487 e. The smallest absolute Gasteiger partial charge is 0.128 e. The minimum absolute atomic E-state index is 0.148. The molecular weight excluding hydrogens is 238 g/mol. The molecule has 0 saturated heterocycles. The lowest BCUT2D eigenvalue weighted by molar-refractivity contribution is -0.0873. The lowest BCUT2D eigenvalue weighted by atomic mass is 9.85. The topological polar surface area (TPSA) is 30.5 Å². The van der Waals surface area contributed by atoms with Crippen molar-refractivity contribution >= 4 is 0 Å². The van der Waals surface area contributed by atoms with Gasteiger partial charge in [-0.05, 0) is 31.0 Å². The van der Waals surface area contributed by atoms with Gasteiger partial charge in [0.1, 0.15) is 18.0 Å². The Morgan fingerprint density at radius 1 is 1.37 bits per heavy atom. The summed E-state index contributed by atoms with van der Waals surface area (Å²) >= 11 is 0. The van der Waals surface area contributed by atoms with Crippen molar-refractivity contribution in [1.82, 2.24) is 5.32 Å². The molecule has 1 aromatic rings. The van der Waals surface area contributed by atoms with Crippen LogP contribution in [0.4, 0.5) is 0 Å². The van der Waals surface area contributed by atoms with Crippen LogP contribution in [-0.4, -0.2) is 32.4 Å². The van der Waals surface area contributed by atoms with Crippen LogP contribution in [0.5, 0.6) is 5.75 Å². The highest BCUT2D eigenvalue weighted by Crippen LogP contribution is 2.33. The average Bonchev–Trinajstić information content (AvgIpc) is 2.43. The van der Waals surface area contributed by atoms with E-state index < -0.39 is 0 Å². The number of rotatable bonds is 6. The van der Waals surface area contributed by atoms with Gasteiger partial charge in [0, 0.05) is 19.6 Å². The Labute approximate surface area is 116 Å². The third-order valence-corrected chi connectivity index (χ3v) is 4.23. The second-order valence-corrected chi connectivity index (χ2v) is 5.33. The van der Waals surface area contributed by atoms with Gasteiger partial charge in [0.2, 0.25) is 0 Å². The number of likely N-dealkylation sites (N-methyl/N-ethyl adjacent to an activating group) is 1. The third-order valence-electron chi connectivity index (χ3n) is 4.23. The third kappa shape index (κ3) is 2.93. The van der Waals surface area contributed by atoms with Gasteiger partial charge in [0.05, 0.1) is 0 Å². The molecule has 3 nitrogen and oxygen atoms in total. The Bertz CT molecular complexity index is 407. The van der Waals surface area contributed by atoms with E-state index in [9.17, 15) is 0 Å². The molecule has 1 aliphatic carbocycles. The SMILES string of the molecule is CCC(C)c1ccccc1OC1CC(NC)C1OC. The molecule has 19 heavy (non-hydrogen) atoms. The summed E-state index contributed by atoms with van der Waals surface area (Å²) in [5.74, 6) is 1.54. The fourth-order valence-corrected chi connectivity index (χ4v) is 2.67. The molecule has 4 atom stereocenters. The van der Waals surface area contributed by atoms with Crippen molar-refractivity contribution in [3.63, 3.8) is 0 Å². The fraction of sp³-hybridized carbons (Fsp3) is 0.625. The van der Waals surface area contributed by atoms with Crippen molar-refractivity contribution in [2.24, 2.45) is 0 Å². The molecule has 0 bridgehead atoms. The van der Waals surface area contributed by atoms with Gasteiger partial charge in [0.15, 0.2) is 0 Å². The van der Waals surface area contributed by atoms with Gasteiger partial charge >= 0.3 is 0 Å². The molecule has 0 aliphatic heterocycles. The van der Waals surface area contributed by atoms with Crippen molar-refractivity contribution in [3.05, 3.63) is 29.8 Å². The van der Waals surface area contributed by atoms with Gasteiger partial charge in [-0.2, -0.15) is 0 Å². The van der Waals surface area contributed by atoms with E-state index in [0.717, 1.165) is 18.6 Å². The van der Waals surface area contributed by atoms with Crippen LogP contribution in [-0.2, 0) is 4.74 Å². The van der Waals surface area contributed by atoms with E-state index in [-0.39, 0.29) is 12.2 Å². The predicted molar refractivity (Wildman–Crippen MR) is 77.8 cm³/mol. The molecule has 1 aromatic carbocycles. The largest absolute Gasteiger partial charge is 0.487 e. The maximum Gasteiger partial charge on any atom is 0.128 e. The molecule has 0 spiro atoms. The maximum absolute atomic E-state index is 6.18. The molecule has 106 valence electrons. The van der Waals surface area contributed by atoms with Gasteiger partial charge in [-0.1, -0.05) is 32.0 Å². The minimum atomic E-state index is 0.148. The van der Waals surface area contributed by atoms with E-state index in [4.69, 9.17) is 9.47 Å². The molecule has 1 N–H and O–H groups in total. The van der Waals surface area contributed by atoms with Crippen LogP contribution in [0.25, 0.3) is 0 Å². The molecule has 1 fully saturated rings. The Hall–Kier alpha value is -1.06. The quantitative estimate of drug-likeness (QED) is 0.856. The standard InChI is InChI=1S/C16H25NO2/c1-5-11(2)12-8-6-7-9-14(12)19-15-10-13(17-3)16(15)18-4/h6-9,11,13,15-17H,5,10H2,1-4H3. The van der Waals surface area contributed by atoms with Crippen molar-refractivity contribution in [2.75, 3.05) is 14.2 Å². The second kappa shape index (κ2) is 6.40.